The van der Waals surface area contributed by atoms with Gasteiger partial charge in [-0.25, -0.2) is 9.48 Å². The standard InChI is InChI=1S/C12H11F3N4O2/c1-6(19-10(16)9(11(20)21)17-18-19)7-2-4-8(5-3-7)12(13,14)15/h2-6H,16H2,1H3,(H,20,21). The van der Waals surface area contributed by atoms with Gasteiger partial charge in [-0.2, -0.15) is 13.2 Å². The number of carboxylic acids is 1. The second-order valence-corrected chi connectivity index (χ2v) is 4.37. The van der Waals surface area contributed by atoms with Crippen molar-refractivity contribution in [1.82, 2.24) is 15.0 Å². The normalized spacial score (nSPS) is 13.1. The molecule has 2 rings (SSSR count). The zero-order valence-corrected chi connectivity index (χ0v) is 10.8. The van der Waals surface area contributed by atoms with Crippen molar-refractivity contribution in [1.29, 1.82) is 0 Å². The highest BCUT2D eigenvalue weighted by atomic mass is 19.4. The first-order chi connectivity index (χ1) is 9.71. The van der Waals surface area contributed by atoms with E-state index in [2.05, 4.69) is 10.3 Å². The molecular formula is C12H11F3N4O2. The van der Waals surface area contributed by atoms with Gasteiger partial charge < -0.3 is 10.8 Å². The van der Waals surface area contributed by atoms with Gasteiger partial charge >= 0.3 is 12.1 Å². The van der Waals surface area contributed by atoms with E-state index in [0.29, 0.717) is 5.56 Å². The van der Waals surface area contributed by atoms with Crippen molar-refractivity contribution in [3.05, 3.63) is 41.1 Å². The molecule has 9 heteroatoms. The zero-order chi connectivity index (χ0) is 15.8. The molecule has 2 aromatic rings. The van der Waals surface area contributed by atoms with E-state index in [-0.39, 0.29) is 5.82 Å². The van der Waals surface area contributed by atoms with Crippen molar-refractivity contribution in [3.63, 3.8) is 0 Å². The molecule has 0 saturated heterocycles. The van der Waals surface area contributed by atoms with Crippen molar-refractivity contribution in [3.8, 4) is 0 Å². The number of halogens is 3. The fourth-order valence-corrected chi connectivity index (χ4v) is 1.83. The Bertz CT molecular complexity index is 664. The Morgan fingerprint density at radius 2 is 1.90 bits per heavy atom. The molecule has 3 N–H and O–H groups in total. The molecule has 21 heavy (non-hydrogen) atoms. The minimum atomic E-state index is -4.41. The molecule has 112 valence electrons. The number of aromatic carboxylic acids is 1. The lowest BCUT2D eigenvalue weighted by atomic mass is 10.1. The van der Waals surface area contributed by atoms with Crippen LogP contribution in [0.2, 0.25) is 0 Å². The van der Waals surface area contributed by atoms with Gasteiger partial charge in [0.1, 0.15) is 0 Å². The lowest BCUT2D eigenvalue weighted by Gasteiger charge is -2.14. The summed E-state index contributed by atoms with van der Waals surface area (Å²) in [6, 6.07) is 3.91. The van der Waals surface area contributed by atoms with Crippen LogP contribution in [0.3, 0.4) is 0 Å². The Labute approximate surface area is 117 Å². The third-order valence-corrected chi connectivity index (χ3v) is 3.02. The molecule has 1 aromatic carbocycles. The number of hydrogen-bond acceptors (Lipinski definition) is 4. The molecule has 0 aliphatic carbocycles. The molecular weight excluding hydrogens is 289 g/mol. The number of alkyl halides is 3. The molecule has 0 amide bonds. The highest BCUT2D eigenvalue weighted by Crippen LogP contribution is 2.30. The molecule has 0 aliphatic heterocycles. The van der Waals surface area contributed by atoms with Crippen LogP contribution in [0, 0.1) is 0 Å². The SMILES string of the molecule is CC(c1ccc(C(F)(F)F)cc1)n1nnc(C(=O)O)c1N. The van der Waals surface area contributed by atoms with Crippen LogP contribution < -0.4 is 5.73 Å². The number of carbonyl (C=O) groups is 1. The Morgan fingerprint density at radius 3 is 2.33 bits per heavy atom. The van der Waals surface area contributed by atoms with Gasteiger partial charge in [-0.05, 0) is 24.6 Å². The highest BCUT2D eigenvalue weighted by Gasteiger charge is 2.30. The summed E-state index contributed by atoms with van der Waals surface area (Å²) in [5.41, 5.74) is 4.95. The van der Waals surface area contributed by atoms with E-state index in [1.807, 2.05) is 0 Å². The lowest BCUT2D eigenvalue weighted by molar-refractivity contribution is -0.137. The summed E-state index contributed by atoms with van der Waals surface area (Å²) in [5.74, 6) is -1.48. The van der Waals surface area contributed by atoms with Crippen molar-refractivity contribution in [2.24, 2.45) is 0 Å². The van der Waals surface area contributed by atoms with Crippen LogP contribution in [0.1, 0.15) is 34.6 Å². The second kappa shape index (κ2) is 5.08. The summed E-state index contributed by atoms with van der Waals surface area (Å²) in [6.45, 7) is 1.62. The van der Waals surface area contributed by atoms with E-state index in [4.69, 9.17) is 10.8 Å². The van der Waals surface area contributed by atoms with Gasteiger partial charge in [0, 0.05) is 0 Å². The van der Waals surface area contributed by atoms with Crippen molar-refractivity contribution >= 4 is 11.8 Å². The Kier molecular flexibility index (Phi) is 3.58. The minimum Gasteiger partial charge on any atom is -0.476 e. The van der Waals surface area contributed by atoms with Crippen LogP contribution in [-0.4, -0.2) is 26.1 Å². The number of hydrogen-bond donors (Lipinski definition) is 2. The number of aromatic nitrogens is 3. The topological polar surface area (TPSA) is 94.0 Å². The summed E-state index contributed by atoms with van der Waals surface area (Å²) < 4.78 is 38.6. The number of rotatable bonds is 3. The third-order valence-electron chi connectivity index (χ3n) is 3.02. The monoisotopic (exact) mass is 300 g/mol. The Hall–Kier alpha value is -2.58. The smallest absolute Gasteiger partial charge is 0.416 e. The number of anilines is 1. The molecule has 0 bridgehead atoms. The lowest BCUT2D eigenvalue weighted by Crippen LogP contribution is -2.13. The number of nitrogen functional groups attached to an aromatic ring is 1. The number of nitrogens with two attached hydrogens (primary N) is 1. The van der Waals surface area contributed by atoms with E-state index < -0.39 is 29.4 Å². The molecule has 1 heterocycles. The minimum absolute atomic E-state index is 0.158. The van der Waals surface area contributed by atoms with Gasteiger partial charge in [-0.1, -0.05) is 17.3 Å². The fraction of sp³-hybridized carbons (Fsp3) is 0.250. The summed E-state index contributed by atoms with van der Waals surface area (Å²) >= 11 is 0. The van der Waals surface area contributed by atoms with E-state index in [0.717, 1.165) is 16.8 Å². The molecule has 0 aliphatic rings. The zero-order valence-electron chi connectivity index (χ0n) is 10.8. The number of nitrogens with zero attached hydrogens (tertiary/aromatic N) is 3. The summed E-state index contributed by atoms with van der Waals surface area (Å²) in [7, 11) is 0. The molecule has 6 nitrogen and oxygen atoms in total. The van der Waals surface area contributed by atoms with Crippen molar-refractivity contribution in [2.75, 3.05) is 5.73 Å². The summed E-state index contributed by atoms with van der Waals surface area (Å²) in [6.07, 6.45) is -4.41. The first kappa shape index (κ1) is 14.8. The quantitative estimate of drug-likeness (QED) is 0.906. The fourth-order valence-electron chi connectivity index (χ4n) is 1.83. The third kappa shape index (κ3) is 2.81. The van der Waals surface area contributed by atoms with Crippen LogP contribution in [0.5, 0.6) is 0 Å². The molecule has 1 aromatic heterocycles. The summed E-state index contributed by atoms with van der Waals surface area (Å²) in [5, 5.41) is 15.9. The summed E-state index contributed by atoms with van der Waals surface area (Å²) in [4.78, 5) is 10.8. The van der Waals surface area contributed by atoms with E-state index >= 15 is 0 Å². The van der Waals surface area contributed by atoms with Crippen LogP contribution >= 0.6 is 0 Å². The van der Waals surface area contributed by atoms with Gasteiger partial charge in [-0.3, -0.25) is 0 Å². The first-order valence-corrected chi connectivity index (χ1v) is 5.83. The van der Waals surface area contributed by atoms with Crippen LogP contribution in [0.25, 0.3) is 0 Å². The van der Waals surface area contributed by atoms with Gasteiger partial charge in [0.25, 0.3) is 0 Å². The second-order valence-electron chi connectivity index (χ2n) is 4.37. The maximum absolute atomic E-state index is 12.5. The molecule has 0 radical (unpaired) electrons. The van der Waals surface area contributed by atoms with Gasteiger partial charge in [0.2, 0.25) is 5.69 Å². The maximum atomic E-state index is 12.5. The molecule has 0 fully saturated rings. The number of carboxylic acid groups (broad SMARTS) is 1. The first-order valence-electron chi connectivity index (χ1n) is 5.83. The van der Waals surface area contributed by atoms with E-state index in [1.54, 1.807) is 6.92 Å². The maximum Gasteiger partial charge on any atom is 0.416 e. The average Bonchev–Trinajstić information content (AvgIpc) is 2.79. The van der Waals surface area contributed by atoms with Crippen molar-refractivity contribution < 1.29 is 23.1 Å². The van der Waals surface area contributed by atoms with Crippen LogP contribution in [-0.2, 0) is 6.18 Å². The predicted octanol–water partition coefficient (Wildman–Crippen LogP) is 2.19. The van der Waals surface area contributed by atoms with E-state index in [9.17, 15) is 18.0 Å². The number of benzene rings is 1. The Morgan fingerprint density at radius 1 is 1.33 bits per heavy atom. The average molecular weight is 300 g/mol. The molecule has 1 unspecified atom stereocenters. The predicted molar refractivity (Wildman–Crippen MR) is 66.7 cm³/mol. The molecule has 0 spiro atoms. The van der Waals surface area contributed by atoms with Gasteiger partial charge in [-0.15, -0.1) is 5.10 Å². The van der Waals surface area contributed by atoms with Crippen molar-refractivity contribution in [2.45, 2.75) is 19.1 Å². The van der Waals surface area contributed by atoms with E-state index in [1.165, 1.54) is 12.1 Å². The Balaban J connectivity index is 2.32. The van der Waals surface area contributed by atoms with Gasteiger partial charge in [0.05, 0.1) is 11.6 Å². The van der Waals surface area contributed by atoms with Crippen LogP contribution in [0.15, 0.2) is 24.3 Å². The highest BCUT2D eigenvalue weighted by molar-refractivity contribution is 5.90. The van der Waals surface area contributed by atoms with Gasteiger partial charge in [0.15, 0.2) is 5.82 Å². The largest absolute Gasteiger partial charge is 0.476 e. The molecule has 1 atom stereocenters. The van der Waals surface area contributed by atoms with Crippen LogP contribution in [0.4, 0.5) is 19.0 Å². The molecule has 0 saturated carbocycles.